The number of rotatable bonds is 0. The van der Waals surface area contributed by atoms with Gasteiger partial charge in [0, 0.05) is 0 Å². The lowest BCUT2D eigenvalue weighted by molar-refractivity contribution is 0.778. The maximum Gasteiger partial charge on any atom is 0.0664 e. The Morgan fingerprint density at radius 1 is 0.148 bits per heavy atom. The van der Waals surface area contributed by atoms with Crippen LogP contribution in [0.15, 0.2) is 127 Å². The quantitative estimate of drug-likeness (QED) is 0.142. The summed E-state index contributed by atoms with van der Waals surface area (Å²) in [6.45, 7) is 97.0. The van der Waals surface area contributed by atoms with Crippen LogP contribution in [0.4, 0.5) is 0 Å². The van der Waals surface area contributed by atoms with E-state index < -0.39 is 16.2 Å². The van der Waals surface area contributed by atoms with Crippen molar-refractivity contribution in [1.82, 2.24) is 0 Å². The largest absolute Gasteiger partial charge is 0.0683 e. The molecule has 6 aliphatic rings. The Morgan fingerprint density at radius 2 is 0.363 bits per heavy atom. The van der Waals surface area contributed by atoms with Crippen molar-refractivity contribution in [3.8, 4) is 66.8 Å². The van der Waals surface area contributed by atoms with Gasteiger partial charge in [-0.15, -0.1) is 0 Å². The molecule has 0 radical (unpaired) electrons. The predicted molar refractivity (Wildman–Crippen MR) is 595 cm³/mol. The highest BCUT2D eigenvalue weighted by Crippen LogP contribution is 2.67. The molecule has 0 amide bonds. The Hall–Kier alpha value is -11.7. The van der Waals surface area contributed by atoms with E-state index in [1.54, 1.807) is 0 Å². The molecule has 0 bridgehead atoms. The lowest BCUT2D eigenvalue weighted by Crippen LogP contribution is -2.30. The molecule has 0 aromatic heterocycles. The summed E-state index contributed by atoms with van der Waals surface area (Å²) in [5.41, 5.74) is 84.5. The van der Waals surface area contributed by atoms with Crippen molar-refractivity contribution in [1.29, 1.82) is 0 Å². The summed E-state index contributed by atoms with van der Waals surface area (Å²) >= 11 is 0. The second-order valence-electron chi connectivity index (χ2n) is 41.0. The highest BCUT2D eigenvalue weighted by molar-refractivity contribution is 6.09. The minimum Gasteiger partial charge on any atom is -0.0683 e. The molecule has 6 aliphatic carbocycles. The van der Waals surface area contributed by atoms with Gasteiger partial charge in [0.1, 0.15) is 0 Å². The molecular weight excluding hydrogens is 1620 g/mol. The fraction of sp³-hybridized carbons (Fsp3) is 0.333. The van der Waals surface area contributed by atoms with E-state index >= 15 is 0 Å². The lowest BCUT2D eigenvalue weighted by atomic mass is 9.63. The summed E-state index contributed by atoms with van der Waals surface area (Å²) in [4.78, 5) is 0. The summed E-state index contributed by atoms with van der Waals surface area (Å²) in [7, 11) is 0. The summed E-state index contributed by atoms with van der Waals surface area (Å²) in [5.74, 6) is 0. The molecule has 0 N–H and O–H groups in total. The number of fused-ring (bicyclic) bond motifs is 32. The SMILES string of the molecule is CC.CC.CC.Cc1c(C)c(C)c2c(c1C)-c1c(C)c(C)c(C)c(C)c1C1(C=Cc3c1ccc1ccccc31)c1c(C)c(C)c(C)c(C)c1-2.Cc1c(C)c(C)c2c(c1C)-c1c(C)c(C)c(C)c(C)c1C1(C=Cc3cc4ccccc4cc31)c1c(C)c(C)c(C)c(C)c1-2.Cc1c(C)c(C)c2c(c1C)-c1c(C)c(C)c(C)c(C)c1C1(C=Cc3ccc4ccccc4c31)c1c(C)c(C)c(C)c(C)c1-2. The predicted octanol–water partition coefficient (Wildman–Crippen LogP) is 37.7. The molecule has 15 aromatic rings. The zero-order valence-electron chi connectivity index (χ0n) is 90.4. The van der Waals surface area contributed by atoms with Gasteiger partial charge >= 0.3 is 0 Å². The van der Waals surface area contributed by atoms with Crippen LogP contribution >= 0.6 is 0 Å². The van der Waals surface area contributed by atoms with Crippen molar-refractivity contribution in [3.05, 3.63) is 394 Å². The second kappa shape index (κ2) is 34.5. The van der Waals surface area contributed by atoms with Crippen LogP contribution in [-0.2, 0) is 16.2 Å². The van der Waals surface area contributed by atoms with E-state index in [9.17, 15) is 0 Å². The van der Waals surface area contributed by atoms with Gasteiger partial charge in [0.15, 0.2) is 0 Å². The molecule has 21 rings (SSSR count). The van der Waals surface area contributed by atoms with Gasteiger partial charge in [-0.1, -0.05) is 175 Å². The molecule has 0 heteroatoms. The Labute approximate surface area is 813 Å². The van der Waals surface area contributed by atoms with Crippen LogP contribution in [-0.4, -0.2) is 0 Å². The zero-order valence-corrected chi connectivity index (χ0v) is 90.4. The molecule has 690 valence electrons. The Kier molecular flexibility index (Phi) is 24.7. The van der Waals surface area contributed by atoms with Gasteiger partial charge in [-0.3, -0.25) is 0 Å². The van der Waals surface area contributed by atoms with E-state index in [1.165, 1.54) is 366 Å². The smallest absolute Gasteiger partial charge is 0.0664 e. The van der Waals surface area contributed by atoms with E-state index in [-0.39, 0.29) is 0 Å². The Morgan fingerprint density at radius 3 is 0.674 bits per heavy atom. The molecular formula is C135H150. The first-order valence-electron chi connectivity index (χ1n) is 50.7. The Balaban J connectivity index is 0.000000143. The number of allylic oxidation sites excluding steroid dienone is 3. The summed E-state index contributed by atoms with van der Waals surface area (Å²) in [6.07, 6.45) is 15.0. The van der Waals surface area contributed by atoms with Gasteiger partial charge in [0.25, 0.3) is 0 Å². The number of hydrogen-bond acceptors (Lipinski definition) is 0. The van der Waals surface area contributed by atoms with E-state index in [0.29, 0.717) is 0 Å². The minimum absolute atomic E-state index is 0.398. The average molecular weight is 1770 g/mol. The van der Waals surface area contributed by atoms with Crippen LogP contribution in [0.1, 0.15) is 309 Å². The first-order chi connectivity index (χ1) is 64.1. The van der Waals surface area contributed by atoms with Crippen LogP contribution in [0.25, 0.3) is 117 Å². The summed E-state index contributed by atoms with van der Waals surface area (Å²) < 4.78 is 0. The topological polar surface area (TPSA) is 0 Å². The van der Waals surface area contributed by atoms with Crippen LogP contribution < -0.4 is 0 Å². The first-order valence-corrected chi connectivity index (χ1v) is 50.7. The van der Waals surface area contributed by atoms with Gasteiger partial charge in [0.05, 0.1) is 16.2 Å². The molecule has 0 aliphatic heterocycles. The standard InChI is InChI=1S/3C43H44.3C2H6/c1-21-22(2)28(8)38-37(27(21)7)39-29(9)23(3)25(5)31(11)41(39)43(42-32(12)26(6)24(4)30(10)40(38)42)18-17-35-19-33-15-13-14-16-34(33)20-36(35)43;1-21-22(2)28(8)37-36(27(21)7)38-29(9)23(3)25(5)31(11)40(38)43(41-32(12)26(6)24(4)30(10)39(37)41)20-19-34-18-17-33-15-13-14-16-35(33)42(34)43;1-21-22(2)28(8)38-37(27(21)7)39-29(9)23(3)25(5)31(11)41(39)43(42-32(12)26(6)24(4)30(10)40(38)42)20-19-35-34-16-14-13-15-33(34)17-18-36(35)43;3*1-2/h3*13-20H,1-12H3;3*1-2H3. The van der Waals surface area contributed by atoms with Gasteiger partial charge in [-0.2, -0.15) is 0 Å². The number of hydrogen-bond donors (Lipinski definition) is 0. The summed E-state index contributed by atoms with van der Waals surface area (Å²) in [6, 6.07) is 41.2. The van der Waals surface area contributed by atoms with Gasteiger partial charge < -0.3 is 0 Å². The van der Waals surface area contributed by atoms with Gasteiger partial charge in [0.2, 0.25) is 0 Å². The Bertz CT molecular complexity index is 7310. The molecule has 135 heavy (non-hydrogen) atoms. The molecule has 15 aromatic carbocycles. The molecule has 0 fully saturated rings. The van der Waals surface area contributed by atoms with Crippen LogP contribution in [0.2, 0.25) is 0 Å². The molecule has 0 atom stereocenters. The summed E-state index contributed by atoms with van der Waals surface area (Å²) in [5, 5.41) is 7.93. The van der Waals surface area contributed by atoms with E-state index in [4.69, 9.17) is 0 Å². The second-order valence-corrected chi connectivity index (χ2v) is 41.0. The normalized spacial score (nSPS) is 13.6. The van der Waals surface area contributed by atoms with Gasteiger partial charge in [-0.25, -0.2) is 0 Å². The van der Waals surface area contributed by atoms with Crippen LogP contribution in [0.3, 0.4) is 0 Å². The molecule has 0 heterocycles. The average Bonchev–Trinajstić information content (AvgIpc) is 1.50. The first kappa shape index (κ1) is 96.4. The maximum atomic E-state index is 2.58. The highest BCUT2D eigenvalue weighted by atomic mass is 14.6. The fourth-order valence-electron chi connectivity index (χ4n) is 26.5. The van der Waals surface area contributed by atoms with Crippen molar-refractivity contribution in [2.75, 3.05) is 0 Å². The van der Waals surface area contributed by atoms with E-state index in [1.807, 2.05) is 41.5 Å². The van der Waals surface area contributed by atoms with Crippen LogP contribution in [0.5, 0.6) is 0 Å². The molecule has 0 saturated carbocycles. The van der Waals surface area contributed by atoms with Crippen molar-refractivity contribution in [2.45, 2.75) is 307 Å². The maximum absolute atomic E-state index is 2.58. The molecule has 0 nitrogen and oxygen atoms in total. The monoisotopic (exact) mass is 1770 g/mol. The third-order valence-corrected chi connectivity index (χ3v) is 36.7. The molecule has 0 unspecified atom stereocenters. The minimum atomic E-state index is -0.415. The van der Waals surface area contributed by atoms with Crippen molar-refractivity contribution in [3.63, 3.8) is 0 Å². The third kappa shape index (κ3) is 12.8. The highest BCUT2D eigenvalue weighted by Gasteiger charge is 2.53. The molecule has 0 saturated heterocycles. The van der Waals surface area contributed by atoms with Crippen molar-refractivity contribution in [2.24, 2.45) is 0 Å². The van der Waals surface area contributed by atoms with Crippen molar-refractivity contribution < 1.29 is 0 Å². The van der Waals surface area contributed by atoms with Gasteiger partial charge in [-0.05, 0) is 628 Å². The molecule has 3 spiro atoms. The number of benzene rings is 15. The lowest BCUT2D eigenvalue weighted by Gasteiger charge is -2.38. The third-order valence-electron chi connectivity index (χ3n) is 36.7. The zero-order chi connectivity index (χ0) is 98.6. The fourth-order valence-corrected chi connectivity index (χ4v) is 26.5. The van der Waals surface area contributed by atoms with Crippen LogP contribution in [0, 0.1) is 249 Å². The van der Waals surface area contributed by atoms with E-state index in [0.717, 1.165) is 0 Å². The van der Waals surface area contributed by atoms with E-state index in [2.05, 4.69) is 395 Å². The van der Waals surface area contributed by atoms with Crippen molar-refractivity contribution >= 4 is 50.5 Å².